The molecule has 3 nitrogen and oxygen atoms in total. The molecule has 0 aliphatic carbocycles. The van der Waals surface area contributed by atoms with Gasteiger partial charge in [-0.05, 0) is 6.92 Å². The van der Waals surface area contributed by atoms with E-state index in [2.05, 4.69) is 9.72 Å². The van der Waals surface area contributed by atoms with Crippen molar-refractivity contribution in [2.75, 3.05) is 19.8 Å². The van der Waals surface area contributed by atoms with Gasteiger partial charge in [0.1, 0.15) is 5.75 Å². The topological polar surface area (TPSA) is 31.4 Å². The lowest BCUT2D eigenvalue weighted by molar-refractivity contribution is -0.156. The fourth-order valence-corrected chi connectivity index (χ4v) is 1.59. The van der Waals surface area contributed by atoms with Crippen LogP contribution in [-0.2, 0) is 10.4 Å². The largest absolute Gasteiger partial charge is 0.484 e. The minimum Gasteiger partial charge on any atom is -0.484 e. The van der Waals surface area contributed by atoms with Crippen molar-refractivity contribution in [1.82, 2.24) is 4.98 Å². The molecule has 0 spiro atoms. The Kier molecular flexibility index (Phi) is 3.18. The van der Waals surface area contributed by atoms with Gasteiger partial charge in [0.15, 0.2) is 12.3 Å². The van der Waals surface area contributed by atoms with Gasteiger partial charge in [0.2, 0.25) is 0 Å². The second kappa shape index (κ2) is 4.38. The highest BCUT2D eigenvalue weighted by atomic mass is 19.4. The van der Waals surface area contributed by atoms with Gasteiger partial charge in [0.25, 0.3) is 0 Å². The van der Waals surface area contributed by atoms with Crippen LogP contribution in [0.3, 0.4) is 0 Å². The summed E-state index contributed by atoms with van der Waals surface area (Å²) in [5.41, 5.74) is -1.34. The Morgan fingerprint density at radius 3 is 2.61 bits per heavy atom. The van der Waals surface area contributed by atoms with E-state index in [-0.39, 0.29) is 24.5 Å². The maximum atomic E-state index is 14.1. The fraction of sp³-hybridized carbons (Fsp3) is 0.545. The third-order valence-corrected chi connectivity index (χ3v) is 2.54. The first kappa shape index (κ1) is 13.1. The Hall–Kier alpha value is -1.37. The molecule has 1 aliphatic heterocycles. The predicted molar refractivity (Wildman–Crippen MR) is 54.1 cm³/mol. The predicted octanol–water partition coefficient (Wildman–Crippen LogP) is 2.53. The molecule has 1 aliphatic rings. The maximum Gasteiger partial charge on any atom is 0.422 e. The van der Waals surface area contributed by atoms with Crippen molar-refractivity contribution in [3.8, 4) is 5.75 Å². The zero-order valence-electron chi connectivity index (χ0n) is 9.55. The minimum absolute atomic E-state index is 0.00333. The average Bonchev–Trinajstić information content (AvgIpc) is 2.22. The molecule has 1 fully saturated rings. The van der Waals surface area contributed by atoms with Crippen LogP contribution in [0.5, 0.6) is 5.75 Å². The number of hydrogen-bond acceptors (Lipinski definition) is 3. The fourth-order valence-electron chi connectivity index (χ4n) is 1.59. The number of halogens is 4. The minimum atomic E-state index is -4.46. The molecule has 0 radical (unpaired) electrons. The molecule has 0 amide bonds. The number of aromatic nitrogens is 1. The molecule has 1 aromatic rings. The maximum absolute atomic E-state index is 14.1. The third kappa shape index (κ3) is 2.72. The number of rotatable bonds is 3. The molecule has 1 saturated heterocycles. The first-order chi connectivity index (χ1) is 8.30. The summed E-state index contributed by atoms with van der Waals surface area (Å²) >= 11 is 0. The van der Waals surface area contributed by atoms with Gasteiger partial charge >= 0.3 is 6.18 Å². The molecule has 0 atom stereocenters. The molecule has 7 heteroatoms. The van der Waals surface area contributed by atoms with E-state index in [4.69, 9.17) is 4.74 Å². The van der Waals surface area contributed by atoms with Gasteiger partial charge in [0, 0.05) is 18.0 Å². The lowest BCUT2D eigenvalue weighted by Gasteiger charge is -2.34. The number of pyridine rings is 1. The molecule has 18 heavy (non-hydrogen) atoms. The number of ether oxygens (including phenoxy) is 2. The summed E-state index contributed by atoms with van der Waals surface area (Å²) in [5, 5.41) is 0. The smallest absolute Gasteiger partial charge is 0.422 e. The molecular formula is C11H11F4NO2. The van der Waals surface area contributed by atoms with Gasteiger partial charge in [-0.15, -0.1) is 0 Å². The van der Waals surface area contributed by atoms with E-state index in [1.54, 1.807) is 6.92 Å². The molecule has 0 aromatic carbocycles. The summed E-state index contributed by atoms with van der Waals surface area (Å²) in [5.74, 6) is -0.134. The van der Waals surface area contributed by atoms with Crippen LogP contribution in [0.4, 0.5) is 17.6 Å². The van der Waals surface area contributed by atoms with Crippen LogP contribution in [0.2, 0.25) is 0 Å². The summed E-state index contributed by atoms with van der Waals surface area (Å²) in [6.45, 7) is -0.257. The summed E-state index contributed by atoms with van der Waals surface area (Å²) in [4.78, 5) is 3.88. The van der Waals surface area contributed by atoms with E-state index < -0.39 is 18.5 Å². The van der Waals surface area contributed by atoms with Crippen LogP contribution in [0, 0.1) is 6.92 Å². The molecule has 2 rings (SSSR count). The number of nitrogens with zero attached hydrogens (tertiary/aromatic N) is 1. The Balaban J connectivity index is 2.24. The molecule has 100 valence electrons. The van der Waals surface area contributed by atoms with Gasteiger partial charge in [-0.25, -0.2) is 4.39 Å². The number of hydrogen-bond donors (Lipinski definition) is 0. The standard InChI is InChI=1S/C11H11F4NO2/c1-7-2-9(18-6-11(13,14)15)8(3-16-7)10(12)4-17-5-10/h2-3H,4-6H2,1H3. The van der Waals surface area contributed by atoms with Crippen molar-refractivity contribution < 1.29 is 27.0 Å². The van der Waals surface area contributed by atoms with Crippen LogP contribution >= 0.6 is 0 Å². The quantitative estimate of drug-likeness (QED) is 0.787. The van der Waals surface area contributed by atoms with Crippen molar-refractivity contribution in [3.63, 3.8) is 0 Å². The first-order valence-corrected chi connectivity index (χ1v) is 5.23. The van der Waals surface area contributed by atoms with Crippen molar-refractivity contribution in [2.24, 2.45) is 0 Å². The van der Waals surface area contributed by atoms with Gasteiger partial charge in [-0.2, -0.15) is 13.2 Å². The monoisotopic (exact) mass is 265 g/mol. The van der Waals surface area contributed by atoms with E-state index in [0.717, 1.165) is 0 Å². The van der Waals surface area contributed by atoms with E-state index in [0.29, 0.717) is 5.69 Å². The SMILES string of the molecule is Cc1cc(OCC(F)(F)F)c(C2(F)COC2)cn1. The molecule has 2 heterocycles. The third-order valence-electron chi connectivity index (χ3n) is 2.54. The Morgan fingerprint density at radius 1 is 1.44 bits per heavy atom. The summed E-state index contributed by atoms with van der Waals surface area (Å²) in [6, 6.07) is 1.29. The second-order valence-corrected chi connectivity index (χ2v) is 4.18. The van der Waals surface area contributed by atoms with Crippen molar-refractivity contribution in [1.29, 1.82) is 0 Å². The highest BCUT2D eigenvalue weighted by Gasteiger charge is 2.43. The Labute approximate surface area is 101 Å². The Bertz CT molecular complexity index is 443. The van der Waals surface area contributed by atoms with Crippen molar-refractivity contribution in [2.45, 2.75) is 18.8 Å². The van der Waals surface area contributed by atoms with Crippen LogP contribution in [-0.4, -0.2) is 31.0 Å². The van der Waals surface area contributed by atoms with Crippen LogP contribution < -0.4 is 4.74 Å². The number of aryl methyl sites for hydroxylation is 1. The van der Waals surface area contributed by atoms with E-state index in [1.165, 1.54) is 12.3 Å². The number of alkyl halides is 4. The van der Waals surface area contributed by atoms with Crippen LogP contribution in [0.1, 0.15) is 11.3 Å². The summed E-state index contributed by atoms with van der Waals surface area (Å²) in [7, 11) is 0. The molecule has 1 aromatic heterocycles. The van der Waals surface area contributed by atoms with Gasteiger partial charge in [0.05, 0.1) is 18.8 Å². The normalized spacial score (nSPS) is 18.3. The zero-order valence-corrected chi connectivity index (χ0v) is 9.55. The summed E-state index contributed by atoms with van der Waals surface area (Å²) in [6.07, 6.45) is -3.27. The summed E-state index contributed by atoms with van der Waals surface area (Å²) < 4.78 is 59.8. The lowest BCUT2D eigenvalue weighted by atomic mass is 9.94. The molecule has 0 bridgehead atoms. The highest BCUT2D eigenvalue weighted by Crippen LogP contribution is 2.39. The van der Waals surface area contributed by atoms with Crippen molar-refractivity contribution in [3.05, 3.63) is 23.5 Å². The average molecular weight is 265 g/mol. The molecule has 0 N–H and O–H groups in total. The molecule has 0 saturated carbocycles. The molecular weight excluding hydrogens is 254 g/mol. The van der Waals surface area contributed by atoms with E-state index >= 15 is 0 Å². The van der Waals surface area contributed by atoms with Crippen molar-refractivity contribution >= 4 is 0 Å². The van der Waals surface area contributed by atoms with Crippen LogP contribution in [0.15, 0.2) is 12.3 Å². The van der Waals surface area contributed by atoms with Gasteiger partial charge in [-0.3, -0.25) is 4.98 Å². The van der Waals surface area contributed by atoms with Gasteiger partial charge < -0.3 is 9.47 Å². The second-order valence-electron chi connectivity index (χ2n) is 4.18. The Morgan fingerprint density at radius 2 is 2.11 bits per heavy atom. The van der Waals surface area contributed by atoms with E-state index in [1.807, 2.05) is 0 Å². The first-order valence-electron chi connectivity index (χ1n) is 5.23. The highest BCUT2D eigenvalue weighted by molar-refractivity contribution is 5.38. The molecule has 0 unspecified atom stereocenters. The zero-order chi connectivity index (χ0) is 13.4. The lowest BCUT2D eigenvalue weighted by Crippen LogP contribution is -2.43. The van der Waals surface area contributed by atoms with Gasteiger partial charge in [-0.1, -0.05) is 0 Å². The van der Waals surface area contributed by atoms with Crippen LogP contribution in [0.25, 0.3) is 0 Å². The van der Waals surface area contributed by atoms with E-state index in [9.17, 15) is 17.6 Å².